The minimum atomic E-state index is 0.0887. The summed E-state index contributed by atoms with van der Waals surface area (Å²) in [5, 5.41) is 0. The van der Waals surface area contributed by atoms with Crippen molar-refractivity contribution in [3.8, 4) is 0 Å². The van der Waals surface area contributed by atoms with Crippen LogP contribution < -0.4 is 11.3 Å². The van der Waals surface area contributed by atoms with Crippen LogP contribution in [0.3, 0.4) is 0 Å². The van der Waals surface area contributed by atoms with E-state index in [-0.39, 0.29) is 5.60 Å². The van der Waals surface area contributed by atoms with Gasteiger partial charge in [0, 0.05) is 25.9 Å². The Morgan fingerprint density at radius 1 is 1.38 bits per heavy atom. The number of hydrogen-bond acceptors (Lipinski definition) is 4. The molecule has 0 radical (unpaired) electrons. The molecule has 4 heteroatoms. The van der Waals surface area contributed by atoms with Crippen LogP contribution in [0.5, 0.6) is 0 Å². The molecule has 0 saturated carbocycles. The van der Waals surface area contributed by atoms with Crippen LogP contribution in [-0.2, 0) is 9.47 Å². The van der Waals surface area contributed by atoms with Gasteiger partial charge in [0.05, 0.1) is 5.60 Å². The van der Waals surface area contributed by atoms with Crippen LogP contribution in [0.2, 0.25) is 0 Å². The van der Waals surface area contributed by atoms with Gasteiger partial charge in [0.25, 0.3) is 0 Å². The van der Waals surface area contributed by atoms with Gasteiger partial charge in [-0.3, -0.25) is 11.3 Å². The molecule has 0 aliphatic carbocycles. The summed E-state index contributed by atoms with van der Waals surface area (Å²) in [4.78, 5) is 0. The Morgan fingerprint density at radius 3 is 2.75 bits per heavy atom. The van der Waals surface area contributed by atoms with Crippen LogP contribution in [0, 0.1) is 5.92 Å². The first-order valence-electron chi connectivity index (χ1n) is 6.47. The summed E-state index contributed by atoms with van der Waals surface area (Å²) in [5.41, 5.74) is 3.05. The van der Waals surface area contributed by atoms with E-state index in [9.17, 15) is 0 Å². The minimum absolute atomic E-state index is 0.0887. The van der Waals surface area contributed by atoms with Gasteiger partial charge in [0.1, 0.15) is 0 Å². The Bertz CT molecular complexity index is 208. The van der Waals surface area contributed by atoms with E-state index in [1.165, 1.54) is 0 Å². The fourth-order valence-electron chi connectivity index (χ4n) is 3.09. The summed E-state index contributed by atoms with van der Waals surface area (Å²) in [5.74, 6) is 6.27. The first-order chi connectivity index (χ1) is 7.79. The molecule has 2 unspecified atom stereocenters. The lowest BCUT2D eigenvalue weighted by Gasteiger charge is -2.45. The second-order valence-electron chi connectivity index (χ2n) is 5.08. The van der Waals surface area contributed by atoms with Crippen molar-refractivity contribution < 1.29 is 9.47 Å². The van der Waals surface area contributed by atoms with Gasteiger partial charge < -0.3 is 9.47 Å². The monoisotopic (exact) mass is 228 g/mol. The molecule has 0 aromatic heterocycles. The standard InChI is InChI=1S/C12H24N2O2/c1-2-11(14-13)10-3-6-16-12(9-10)4-7-15-8-5-12/h10-11,14H,2-9,13H2,1H3. The van der Waals surface area contributed by atoms with Crippen molar-refractivity contribution in [2.75, 3.05) is 19.8 Å². The van der Waals surface area contributed by atoms with Crippen LogP contribution in [0.15, 0.2) is 0 Å². The van der Waals surface area contributed by atoms with Gasteiger partial charge in [-0.15, -0.1) is 0 Å². The maximum atomic E-state index is 6.03. The van der Waals surface area contributed by atoms with Crippen LogP contribution >= 0.6 is 0 Å². The summed E-state index contributed by atoms with van der Waals surface area (Å²) in [6, 6.07) is 0.434. The van der Waals surface area contributed by atoms with E-state index in [2.05, 4.69) is 12.3 Å². The highest BCUT2D eigenvalue weighted by Gasteiger charge is 2.40. The van der Waals surface area contributed by atoms with E-state index in [0.717, 1.165) is 51.9 Å². The number of hydrogen-bond donors (Lipinski definition) is 2. The SMILES string of the molecule is CCC(NN)C1CCOC2(CCOCC2)C1. The van der Waals surface area contributed by atoms with Gasteiger partial charge in [-0.05, 0) is 38.0 Å². The molecule has 94 valence electrons. The van der Waals surface area contributed by atoms with Crippen molar-refractivity contribution in [3.63, 3.8) is 0 Å². The molecule has 2 heterocycles. The zero-order chi connectivity index (χ0) is 11.4. The van der Waals surface area contributed by atoms with E-state index < -0.39 is 0 Å². The zero-order valence-electron chi connectivity index (χ0n) is 10.2. The highest BCUT2D eigenvalue weighted by molar-refractivity contribution is 4.91. The minimum Gasteiger partial charge on any atom is -0.381 e. The molecule has 2 saturated heterocycles. The first-order valence-corrected chi connectivity index (χ1v) is 6.47. The molecule has 1 spiro atoms. The Labute approximate surface area is 97.8 Å². The number of nitrogens with one attached hydrogen (secondary N) is 1. The van der Waals surface area contributed by atoms with Crippen molar-refractivity contribution in [3.05, 3.63) is 0 Å². The third-order valence-electron chi connectivity index (χ3n) is 4.16. The maximum Gasteiger partial charge on any atom is 0.0729 e. The summed E-state index contributed by atoms with van der Waals surface area (Å²) in [6.07, 6.45) is 5.45. The van der Waals surface area contributed by atoms with Crippen LogP contribution in [0.1, 0.15) is 39.0 Å². The predicted octanol–water partition coefficient (Wildman–Crippen LogP) is 1.20. The molecule has 2 atom stereocenters. The van der Waals surface area contributed by atoms with Gasteiger partial charge in [-0.1, -0.05) is 6.92 Å². The molecule has 2 fully saturated rings. The van der Waals surface area contributed by atoms with Gasteiger partial charge >= 0.3 is 0 Å². The lowest BCUT2D eigenvalue weighted by Crippen LogP contribution is -2.50. The molecule has 0 aromatic rings. The smallest absolute Gasteiger partial charge is 0.0729 e. The van der Waals surface area contributed by atoms with E-state index >= 15 is 0 Å². The summed E-state index contributed by atoms with van der Waals surface area (Å²) >= 11 is 0. The van der Waals surface area contributed by atoms with Crippen molar-refractivity contribution in [1.82, 2.24) is 5.43 Å². The van der Waals surface area contributed by atoms with E-state index in [4.69, 9.17) is 15.3 Å². The largest absolute Gasteiger partial charge is 0.381 e. The van der Waals surface area contributed by atoms with Crippen molar-refractivity contribution >= 4 is 0 Å². The molecule has 3 N–H and O–H groups in total. The Morgan fingerprint density at radius 2 is 2.12 bits per heavy atom. The Balaban J connectivity index is 1.97. The lowest BCUT2D eigenvalue weighted by atomic mass is 9.77. The van der Waals surface area contributed by atoms with Crippen LogP contribution in [0.4, 0.5) is 0 Å². The molecule has 2 aliphatic heterocycles. The quantitative estimate of drug-likeness (QED) is 0.563. The second kappa shape index (κ2) is 5.45. The van der Waals surface area contributed by atoms with E-state index in [0.29, 0.717) is 12.0 Å². The average Bonchev–Trinajstić information content (AvgIpc) is 2.32. The van der Waals surface area contributed by atoms with Gasteiger partial charge in [0.2, 0.25) is 0 Å². The fourth-order valence-corrected chi connectivity index (χ4v) is 3.09. The normalized spacial score (nSPS) is 31.5. The fraction of sp³-hybridized carbons (Fsp3) is 1.00. The molecular weight excluding hydrogens is 204 g/mol. The second-order valence-corrected chi connectivity index (χ2v) is 5.08. The van der Waals surface area contributed by atoms with Crippen LogP contribution in [-0.4, -0.2) is 31.5 Å². The number of nitrogens with two attached hydrogens (primary N) is 1. The summed E-state index contributed by atoms with van der Waals surface area (Å²) in [7, 11) is 0. The molecule has 0 bridgehead atoms. The van der Waals surface area contributed by atoms with Crippen molar-refractivity contribution in [2.45, 2.75) is 50.7 Å². The molecular formula is C12H24N2O2. The molecule has 2 aliphatic rings. The highest BCUT2D eigenvalue weighted by Crippen LogP contribution is 2.38. The van der Waals surface area contributed by atoms with E-state index in [1.807, 2.05) is 0 Å². The van der Waals surface area contributed by atoms with Gasteiger partial charge in [-0.2, -0.15) is 0 Å². The first kappa shape index (κ1) is 12.3. The Kier molecular flexibility index (Phi) is 4.19. The molecule has 0 amide bonds. The predicted molar refractivity (Wildman–Crippen MR) is 62.9 cm³/mol. The highest BCUT2D eigenvalue weighted by atomic mass is 16.5. The van der Waals surface area contributed by atoms with Gasteiger partial charge in [-0.25, -0.2) is 0 Å². The van der Waals surface area contributed by atoms with Crippen molar-refractivity contribution in [1.29, 1.82) is 0 Å². The number of rotatable bonds is 3. The third-order valence-corrected chi connectivity index (χ3v) is 4.16. The van der Waals surface area contributed by atoms with E-state index in [1.54, 1.807) is 0 Å². The zero-order valence-corrected chi connectivity index (χ0v) is 10.2. The van der Waals surface area contributed by atoms with Crippen LogP contribution in [0.25, 0.3) is 0 Å². The molecule has 0 aromatic carbocycles. The molecule has 2 rings (SSSR count). The molecule has 4 nitrogen and oxygen atoms in total. The topological polar surface area (TPSA) is 56.5 Å². The summed E-state index contributed by atoms with van der Waals surface area (Å²) < 4.78 is 11.5. The molecule has 16 heavy (non-hydrogen) atoms. The summed E-state index contributed by atoms with van der Waals surface area (Å²) in [6.45, 7) is 4.76. The van der Waals surface area contributed by atoms with Gasteiger partial charge in [0.15, 0.2) is 0 Å². The maximum absolute atomic E-state index is 6.03. The number of ether oxygens (including phenoxy) is 2. The lowest BCUT2D eigenvalue weighted by molar-refractivity contribution is -0.150. The third kappa shape index (κ3) is 2.56. The Hall–Kier alpha value is -0.160. The van der Waals surface area contributed by atoms with Crippen molar-refractivity contribution in [2.24, 2.45) is 11.8 Å². The average molecular weight is 228 g/mol. The number of hydrazine groups is 1.